The lowest BCUT2D eigenvalue weighted by atomic mass is 9.82. The van der Waals surface area contributed by atoms with E-state index in [1.807, 2.05) is 6.08 Å². The number of anilines is 1. The number of sulfonamides is 1. The first-order chi connectivity index (χ1) is 12.4. The molecule has 1 aliphatic heterocycles. The second-order valence-corrected chi connectivity index (χ2v) is 8.56. The second-order valence-electron chi connectivity index (χ2n) is 6.62. The average Bonchev–Trinajstić information content (AvgIpc) is 3.17. The summed E-state index contributed by atoms with van der Waals surface area (Å²) in [4.78, 5) is 24.0. The standard InChI is InChI=1S/C18H22N2O5S/c21-17(15-5-1-2-6-16(15)18(22)23)19-13-7-9-14(10-8-13)26(24,25)20-11-3-4-12-20/h1-2,7-10,15-16H,3-6,11-12H2,(H,19,21)(H,22,23)/t15-,16+/m0/s1. The molecule has 0 spiro atoms. The number of nitrogens with one attached hydrogen (secondary N) is 1. The van der Waals surface area contributed by atoms with Crippen molar-refractivity contribution in [2.24, 2.45) is 11.8 Å². The highest BCUT2D eigenvalue weighted by Gasteiger charge is 2.34. The highest BCUT2D eigenvalue weighted by Crippen LogP contribution is 2.28. The van der Waals surface area contributed by atoms with Crippen LogP contribution in [-0.2, 0) is 19.6 Å². The molecule has 7 nitrogen and oxygen atoms in total. The minimum absolute atomic E-state index is 0.196. The van der Waals surface area contributed by atoms with Gasteiger partial charge in [0.2, 0.25) is 15.9 Å². The van der Waals surface area contributed by atoms with E-state index >= 15 is 0 Å². The van der Waals surface area contributed by atoms with Gasteiger partial charge in [-0.15, -0.1) is 0 Å². The Labute approximate surface area is 152 Å². The van der Waals surface area contributed by atoms with Crippen LogP contribution in [0.5, 0.6) is 0 Å². The first kappa shape index (κ1) is 18.6. The molecule has 1 aromatic carbocycles. The molecule has 1 heterocycles. The summed E-state index contributed by atoms with van der Waals surface area (Å²) in [7, 11) is -3.49. The Bertz CT molecular complexity index is 810. The number of allylic oxidation sites excluding steroid dienone is 2. The Kier molecular flexibility index (Phi) is 5.43. The van der Waals surface area contributed by atoms with Crippen LogP contribution in [0.1, 0.15) is 25.7 Å². The Morgan fingerprint density at radius 2 is 1.58 bits per heavy atom. The maximum Gasteiger partial charge on any atom is 0.307 e. The van der Waals surface area contributed by atoms with Gasteiger partial charge in [-0.2, -0.15) is 4.31 Å². The van der Waals surface area contributed by atoms with Crippen molar-refractivity contribution >= 4 is 27.6 Å². The number of carboxylic acids is 1. The fraction of sp³-hybridized carbons (Fsp3) is 0.444. The summed E-state index contributed by atoms with van der Waals surface area (Å²) in [6, 6.07) is 6.02. The second kappa shape index (κ2) is 7.59. The van der Waals surface area contributed by atoms with E-state index in [1.54, 1.807) is 6.08 Å². The molecule has 1 saturated heterocycles. The third kappa shape index (κ3) is 3.81. The van der Waals surface area contributed by atoms with E-state index in [9.17, 15) is 23.1 Å². The summed E-state index contributed by atoms with van der Waals surface area (Å²) >= 11 is 0. The quantitative estimate of drug-likeness (QED) is 0.764. The number of carbonyl (C=O) groups excluding carboxylic acids is 1. The number of carbonyl (C=O) groups is 2. The van der Waals surface area contributed by atoms with Crippen LogP contribution in [0.15, 0.2) is 41.3 Å². The largest absolute Gasteiger partial charge is 0.481 e. The van der Waals surface area contributed by atoms with Gasteiger partial charge in [0.25, 0.3) is 0 Å². The Balaban J connectivity index is 1.70. The molecule has 1 amide bonds. The van der Waals surface area contributed by atoms with Crippen molar-refractivity contribution in [3.8, 4) is 0 Å². The molecule has 0 saturated carbocycles. The molecule has 0 bridgehead atoms. The third-order valence-electron chi connectivity index (χ3n) is 4.91. The van der Waals surface area contributed by atoms with Gasteiger partial charge in [0, 0.05) is 18.8 Å². The van der Waals surface area contributed by atoms with Crippen LogP contribution in [-0.4, -0.2) is 42.8 Å². The van der Waals surface area contributed by atoms with Crippen molar-refractivity contribution in [1.29, 1.82) is 0 Å². The minimum atomic E-state index is -3.49. The number of amides is 1. The molecule has 26 heavy (non-hydrogen) atoms. The van der Waals surface area contributed by atoms with Crippen LogP contribution in [0, 0.1) is 11.8 Å². The zero-order valence-electron chi connectivity index (χ0n) is 14.3. The topological polar surface area (TPSA) is 104 Å². The number of hydrogen-bond acceptors (Lipinski definition) is 4. The predicted octanol–water partition coefficient (Wildman–Crippen LogP) is 2.08. The Morgan fingerprint density at radius 1 is 1.00 bits per heavy atom. The molecule has 140 valence electrons. The van der Waals surface area contributed by atoms with Gasteiger partial charge in [-0.3, -0.25) is 9.59 Å². The summed E-state index contributed by atoms with van der Waals surface area (Å²) in [5, 5.41) is 12.0. The van der Waals surface area contributed by atoms with Gasteiger partial charge in [0.15, 0.2) is 0 Å². The molecular weight excluding hydrogens is 356 g/mol. The fourth-order valence-corrected chi connectivity index (χ4v) is 4.92. The van der Waals surface area contributed by atoms with Crippen LogP contribution >= 0.6 is 0 Å². The molecule has 2 N–H and O–H groups in total. The summed E-state index contributed by atoms with van der Waals surface area (Å²) in [5.41, 5.74) is 0.453. The van der Waals surface area contributed by atoms with Crippen molar-refractivity contribution < 1.29 is 23.1 Å². The number of aliphatic carboxylic acids is 1. The normalized spacial score (nSPS) is 23.7. The van der Waals surface area contributed by atoms with Crippen molar-refractivity contribution in [2.75, 3.05) is 18.4 Å². The SMILES string of the molecule is O=C(Nc1ccc(S(=O)(=O)N2CCCC2)cc1)[C@H]1CC=CC[C@H]1C(=O)O. The highest BCUT2D eigenvalue weighted by molar-refractivity contribution is 7.89. The number of hydrogen-bond donors (Lipinski definition) is 2. The van der Waals surface area contributed by atoms with Crippen LogP contribution in [0.4, 0.5) is 5.69 Å². The molecule has 2 atom stereocenters. The Hall–Kier alpha value is -2.19. The molecule has 1 fully saturated rings. The molecule has 0 radical (unpaired) electrons. The van der Waals surface area contributed by atoms with Crippen LogP contribution in [0.3, 0.4) is 0 Å². The van der Waals surface area contributed by atoms with E-state index in [1.165, 1.54) is 28.6 Å². The smallest absolute Gasteiger partial charge is 0.307 e. The number of carboxylic acid groups (broad SMARTS) is 1. The van der Waals surface area contributed by atoms with E-state index in [-0.39, 0.29) is 10.8 Å². The molecule has 8 heteroatoms. The lowest BCUT2D eigenvalue weighted by molar-refractivity contribution is -0.146. The van der Waals surface area contributed by atoms with E-state index in [2.05, 4.69) is 5.32 Å². The first-order valence-corrected chi connectivity index (χ1v) is 10.1. The highest BCUT2D eigenvalue weighted by atomic mass is 32.2. The van der Waals surface area contributed by atoms with Crippen LogP contribution in [0.2, 0.25) is 0 Å². The van der Waals surface area contributed by atoms with Crippen molar-refractivity contribution in [3.05, 3.63) is 36.4 Å². The molecule has 3 rings (SSSR count). The van der Waals surface area contributed by atoms with E-state index < -0.39 is 27.8 Å². The molecular formula is C18H22N2O5S. The lowest BCUT2D eigenvalue weighted by Gasteiger charge is -2.24. The molecule has 0 aromatic heterocycles. The number of nitrogens with zero attached hydrogens (tertiary/aromatic N) is 1. The maximum absolute atomic E-state index is 12.5. The summed E-state index contributed by atoms with van der Waals surface area (Å²) in [6.45, 7) is 1.07. The van der Waals surface area contributed by atoms with Gasteiger partial charge in [-0.25, -0.2) is 8.42 Å². The van der Waals surface area contributed by atoms with Gasteiger partial charge < -0.3 is 10.4 Å². The molecule has 1 aliphatic carbocycles. The summed E-state index contributed by atoms with van der Waals surface area (Å²) in [5.74, 6) is -2.72. The lowest BCUT2D eigenvalue weighted by Crippen LogP contribution is -2.34. The van der Waals surface area contributed by atoms with Crippen molar-refractivity contribution in [3.63, 3.8) is 0 Å². The van der Waals surface area contributed by atoms with Crippen LogP contribution < -0.4 is 5.32 Å². The van der Waals surface area contributed by atoms with E-state index in [0.717, 1.165) is 12.8 Å². The van der Waals surface area contributed by atoms with Gasteiger partial charge in [-0.05, 0) is 49.9 Å². The number of rotatable bonds is 5. The third-order valence-corrected chi connectivity index (χ3v) is 6.82. The number of benzene rings is 1. The molecule has 1 aromatic rings. The van der Waals surface area contributed by atoms with E-state index in [4.69, 9.17) is 0 Å². The van der Waals surface area contributed by atoms with Gasteiger partial charge in [0.05, 0.1) is 16.7 Å². The maximum atomic E-state index is 12.5. The fourth-order valence-electron chi connectivity index (χ4n) is 3.40. The predicted molar refractivity (Wildman–Crippen MR) is 96.1 cm³/mol. The monoisotopic (exact) mass is 378 g/mol. The first-order valence-electron chi connectivity index (χ1n) is 8.68. The van der Waals surface area contributed by atoms with Gasteiger partial charge in [0.1, 0.15) is 0 Å². The van der Waals surface area contributed by atoms with Crippen LogP contribution in [0.25, 0.3) is 0 Å². The zero-order chi connectivity index (χ0) is 18.7. The minimum Gasteiger partial charge on any atom is -0.481 e. The average molecular weight is 378 g/mol. The van der Waals surface area contributed by atoms with Crippen molar-refractivity contribution in [1.82, 2.24) is 4.31 Å². The van der Waals surface area contributed by atoms with Gasteiger partial charge in [-0.1, -0.05) is 12.2 Å². The van der Waals surface area contributed by atoms with Gasteiger partial charge >= 0.3 is 5.97 Å². The molecule has 0 unspecified atom stereocenters. The van der Waals surface area contributed by atoms with Crippen molar-refractivity contribution in [2.45, 2.75) is 30.6 Å². The molecule has 2 aliphatic rings. The van der Waals surface area contributed by atoms with E-state index in [0.29, 0.717) is 31.6 Å². The summed E-state index contributed by atoms with van der Waals surface area (Å²) in [6.07, 6.45) is 6.04. The Morgan fingerprint density at radius 3 is 2.15 bits per heavy atom. The summed E-state index contributed by atoms with van der Waals surface area (Å²) < 4.78 is 26.5. The zero-order valence-corrected chi connectivity index (χ0v) is 15.1.